The molecule has 0 radical (unpaired) electrons. The third-order valence-electron chi connectivity index (χ3n) is 5.49. The van der Waals surface area contributed by atoms with Crippen LogP contribution in [0.25, 0.3) is 22.0 Å². The van der Waals surface area contributed by atoms with Crippen LogP contribution in [-0.2, 0) is 21.4 Å². The van der Waals surface area contributed by atoms with E-state index in [4.69, 9.17) is 4.74 Å². The van der Waals surface area contributed by atoms with Gasteiger partial charge in [-0.3, -0.25) is 19.3 Å². The SMILES string of the molecule is COC(=O)[C@H]1CC[C@H](C(=O)Nc2cc3cc(-c4cnn(C)c4)cnc3cn2)CC1. The summed E-state index contributed by atoms with van der Waals surface area (Å²) in [6.45, 7) is 0. The molecule has 150 valence electrons. The second-order valence-corrected chi connectivity index (χ2v) is 7.45. The number of pyridine rings is 2. The molecule has 1 aliphatic rings. The molecule has 1 amide bonds. The molecule has 1 N–H and O–H groups in total. The molecule has 29 heavy (non-hydrogen) atoms. The van der Waals surface area contributed by atoms with Crippen LogP contribution in [0, 0.1) is 11.8 Å². The van der Waals surface area contributed by atoms with Crippen molar-refractivity contribution in [2.75, 3.05) is 12.4 Å². The van der Waals surface area contributed by atoms with Gasteiger partial charge in [-0.25, -0.2) is 4.98 Å². The molecule has 0 saturated heterocycles. The van der Waals surface area contributed by atoms with Gasteiger partial charge >= 0.3 is 5.97 Å². The minimum Gasteiger partial charge on any atom is -0.469 e. The highest BCUT2D eigenvalue weighted by atomic mass is 16.5. The third kappa shape index (κ3) is 4.11. The van der Waals surface area contributed by atoms with Crippen LogP contribution in [0.4, 0.5) is 5.82 Å². The number of amides is 1. The van der Waals surface area contributed by atoms with E-state index in [0.717, 1.165) is 22.0 Å². The lowest BCUT2D eigenvalue weighted by atomic mass is 9.81. The number of anilines is 1. The average Bonchev–Trinajstić information content (AvgIpc) is 3.19. The largest absolute Gasteiger partial charge is 0.469 e. The molecule has 3 aromatic rings. The highest BCUT2D eigenvalue weighted by Gasteiger charge is 2.30. The quantitative estimate of drug-likeness (QED) is 0.684. The summed E-state index contributed by atoms with van der Waals surface area (Å²) in [5.74, 6) is 0.0457. The highest BCUT2D eigenvalue weighted by molar-refractivity contribution is 5.94. The Labute approximate surface area is 168 Å². The first-order valence-electron chi connectivity index (χ1n) is 9.67. The molecule has 0 aromatic carbocycles. The first-order chi connectivity index (χ1) is 14.0. The predicted octanol–water partition coefficient (Wildman–Crippen LogP) is 2.95. The van der Waals surface area contributed by atoms with Gasteiger partial charge in [-0.1, -0.05) is 0 Å². The van der Waals surface area contributed by atoms with Crippen molar-refractivity contribution in [3.8, 4) is 11.1 Å². The number of carbonyl (C=O) groups is 2. The second kappa shape index (κ2) is 7.98. The summed E-state index contributed by atoms with van der Waals surface area (Å²) in [6, 6.07) is 3.85. The van der Waals surface area contributed by atoms with E-state index in [1.54, 1.807) is 23.3 Å². The van der Waals surface area contributed by atoms with Crippen LogP contribution in [0.15, 0.2) is 36.9 Å². The number of nitrogens with zero attached hydrogens (tertiary/aromatic N) is 4. The first kappa shape index (κ1) is 19.0. The van der Waals surface area contributed by atoms with Gasteiger partial charge in [-0.05, 0) is 37.8 Å². The summed E-state index contributed by atoms with van der Waals surface area (Å²) in [5.41, 5.74) is 2.69. The van der Waals surface area contributed by atoms with E-state index in [0.29, 0.717) is 31.5 Å². The van der Waals surface area contributed by atoms with E-state index >= 15 is 0 Å². The Morgan fingerprint density at radius 1 is 1.03 bits per heavy atom. The van der Waals surface area contributed by atoms with Gasteiger partial charge in [0.2, 0.25) is 5.91 Å². The molecule has 0 aliphatic heterocycles. The van der Waals surface area contributed by atoms with E-state index in [-0.39, 0.29) is 23.7 Å². The first-order valence-corrected chi connectivity index (χ1v) is 9.67. The van der Waals surface area contributed by atoms with E-state index in [2.05, 4.69) is 20.4 Å². The second-order valence-electron chi connectivity index (χ2n) is 7.45. The van der Waals surface area contributed by atoms with Crippen molar-refractivity contribution in [1.82, 2.24) is 19.7 Å². The van der Waals surface area contributed by atoms with Crippen molar-refractivity contribution >= 4 is 28.6 Å². The minimum absolute atomic E-state index is 0.0588. The van der Waals surface area contributed by atoms with Gasteiger partial charge in [-0.15, -0.1) is 0 Å². The molecule has 4 rings (SSSR count). The number of fused-ring (bicyclic) bond motifs is 1. The maximum absolute atomic E-state index is 12.6. The third-order valence-corrected chi connectivity index (χ3v) is 5.49. The fraction of sp³-hybridized carbons (Fsp3) is 0.381. The summed E-state index contributed by atoms with van der Waals surface area (Å²) in [5, 5.41) is 8.00. The molecule has 0 atom stereocenters. The minimum atomic E-state index is -0.183. The molecule has 0 spiro atoms. The molecular weight excluding hydrogens is 370 g/mol. The van der Waals surface area contributed by atoms with Crippen LogP contribution in [0.5, 0.6) is 0 Å². The van der Waals surface area contributed by atoms with Crippen molar-refractivity contribution in [1.29, 1.82) is 0 Å². The van der Waals surface area contributed by atoms with E-state index in [1.807, 2.05) is 25.4 Å². The smallest absolute Gasteiger partial charge is 0.308 e. The molecule has 3 aromatic heterocycles. The van der Waals surface area contributed by atoms with Gasteiger partial charge in [-0.2, -0.15) is 5.10 Å². The zero-order valence-corrected chi connectivity index (χ0v) is 16.5. The molecule has 1 fully saturated rings. The van der Waals surface area contributed by atoms with Gasteiger partial charge in [0, 0.05) is 41.9 Å². The molecule has 1 saturated carbocycles. The fourth-order valence-electron chi connectivity index (χ4n) is 3.81. The van der Waals surface area contributed by atoms with Crippen LogP contribution in [0.1, 0.15) is 25.7 Å². The van der Waals surface area contributed by atoms with Crippen LogP contribution < -0.4 is 5.32 Å². The summed E-state index contributed by atoms with van der Waals surface area (Å²) in [4.78, 5) is 33.1. The predicted molar refractivity (Wildman–Crippen MR) is 108 cm³/mol. The topological polar surface area (TPSA) is 99.0 Å². The lowest BCUT2D eigenvalue weighted by molar-refractivity contribution is -0.147. The molecule has 1 aliphatic carbocycles. The van der Waals surface area contributed by atoms with E-state index < -0.39 is 0 Å². The Hall–Kier alpha value is -3.29. The zero-order valence-electron chi connectivity index (χ0n) is 16.5. The summed E-state index contributed by atoms with van der Waals surface area (Å²) < 4.78 is 6.55. The Morgan fingerprint density at radius 2 is 1.79 bits per heavy atom. The Balaban J connectivity index is 1.46. The number of hydrogen-bond acceptors (Lipinski definition) is 6. The zero-order chi connectivity index (χ0) is 20.4. The Kier molecular flexibility index (Phi) is 5.24. The van der Waals surface area contributed by atoms with Gasteiger partial charge in [0.1, 0.15) is 5.82 Å². The van der Waals surface area contributed by atoms with Gasteiger partial charge < -0.3 is 10.1 Å². The van der Waals surface area contributed by atoms with Crippen molar-refractivity contribution in [3.63, 3.8) is 0 Å². The highest BCUT2D eigenvalue weighted by Crippen LogP contribution is 2.30. The molecule has 0 bridgehead atoms. The molecule has 8 heteroatoms. The lowest BCUT2D eigenvalue weighted by Crippen LogP contribution is -2.30. The van der Waals surface area contributed by atoms with Crippen LogP contribution in [0.2, 0.25) is 0 Å². The molecular formula is C21H23N5O3. The fourth-order valence-corrected chi connectivity index (χ4v) is 3.81. The number of carbonyl (C=O) groups excluding carboxylic acids is 2. The van der Waals surface area contributed by atoms with E-state index in [9.17, 15) is 9.59 Å². The maximum Gasteiger partial charge on any atom is 0.308 e. The number of ether oxygens (including phenoxy) is 1. The van der Waals surface area contributed by atoms with Crippen molar-refractivity contribution < 1.29 is 14.3 Å². The summed E-state index contributed by atoms with van der Waals surface area (Å²) in [6.07, 6.45) is 9.86. The molecule has 0 unspecified atom stereocenters. The van der Waals surface area contributed by atoms with Crippen molar-refractivity contribution in [2.24, 2.45) is 18.9 Å². The number of hydrogen-bond donors (Lipinski definition) is 1. The average molecular weight is 393 g/mol. The van der Waals surface area contributed by atoms with Crippen LogP contribution >= 0.6 is 0 Å². The summed E-state index contributed by atoms with van der Waals surface area (Å²) >= 11 is 0. The number of nitrogens with one attached hydrogen (secondary N) is 1. The monoisotopic (exact) mass is 393 g/mol. The Bertz CT molecular complexity index is 1050. The Morgan fingerprint density at radius 3 is 2.48 bits per heavy atom. The number of esters is 1. The van der Waals surface area contributed by atoms with E-state index in [1.165, 1.54) is 7.11 Å². The number of methoxy groups -OCH3 is 1. The van der Waals surface area contributed by atoms with Crippen LogP contribution in [-0.4, -0.2) is 38.7 Å². The number of aromatic nitrogens is 4. The van der Waals surface area contributed by atoms with Crippen molar-refractivity contribution in [3.05, 3.63) is 36.9 Å². The van der Waals surface area contributed by atoms with Gasteiger partial charge in [0.25, 0.3) is 0 Å². The van der Waals surface area contributed by atoms with Crippen LogP contribution in [0.3, 0.4) is 0 Å². The normalized spacial score (nSPS) is 19.1. The van der Waals surface area contributed by atoms with Gasteiger partial charge in [0.05, 0.1) is 30.9 Å². The maximum atomic E-state index is 12.6. The van der Waals surface area contributed by atoms with Crippen molar-refractivity contribution in [2.45, 2.75) is 25.7 Å². The molecule has 3 heterocycles. The number of aryl methyl sites for hydroxylation is 1. The summed E-state index contributed by atoms with van der Waals surface area (Å²) in [7, 11) is 3.27. The molecule has 8 nitrogen and oxygen atoms in total. The standard InChI is InChI=1S/C21H23N5O3/c1-26-12-17(10-24-26)16-7-15-8-19(23-11-18(15)22-9-16)25-20(27)13-3-5-14(6-4-13)21(28)29-2/h7-14H,3-6H2,1-2H3,(H,23,25,27)/t13-,14-. The number of rotatable bonds is 4. The lowest BCUT2D eigenvalue weighted by Gasteiger charge is -2.25. The van der Waals surface area contributed by atoms with Gasteiger partial charge in [0.15, 0.2) is 0 Å².